The van der Waals surface area contributed by atoms with Crippen LogP contribution in [-0.2, 0) is 0 Å². The van der Waals surface area contributed by atoms with Gasteiger partial charge in [-0.2, -0.15) is 0 Å². The molecule has 0 bridgehead atoms. The van der Waals surface area contributed by atoms with Gasteiger partial charge >= 0.3 is 0 Å². The lowest BCUT2D eigenvalue weighted by Gasteiger charge is -2.46. The SMILES string of the molecule is C=CC[C@H]1CCCC[C@]1(C)C(C)CC/C=C/C(C)C. The fourth-order valence-corrected chi connectivity index (χ4v) is 3.71. The third-order valence-corrected chi connectivity index (χ3v) is 5.31. The molecule has 0 aromatic carbocycles. The van der Waals surface area contributed by atoms with E-state index in [0.717, 1.165) is 11.8 Å². The topological polar surface area (TPSA) is 0 Å². The summed E-state index contributed by atoms with van der Waals surface area (Å²) >= 11 is 0. The van der Waals surface area contributed by atoms with Gasteiger partial charge in [-0.05, 0) is 55.3 Å². The van der Waals surface area contributed by atoms with Crippen LogP contribution in [0.25, 0.3) is 0 Å². The zero-order valence-corrected chi connectivity index (χ0v) is 13.6. The predicted molar refractivity (Wildman–Crippen MR) is 87.3 cm³/mol. The Morgan fingerprint density at radius 2 is 2.00 bits per heavy atom. The van der Waals surface area contributed by atoms with Gasteiger partial charge in [0.1, 0.15) is 0 Å². The zero-order valence-electron chi connectivity index (χ0n) is 13.6. The average molecular weight is 262 g/mol. The molecule has 0 radical (unpaired) electrons. The molecule has 1 rings (SSSR count). The molecule has 0 spiro atoms. The van der Waals surface area contributed by atoms with Crippen LogP contribution in [0.15, 0.2) is 24.8 Å². The van der Waals surface area contributed by atoms with E-state index in [4.69, 9.17) is 0 Å². The van der Waals surface area contributed by atoms with Crippen molar-refractivity contribution in [3.8, 4) is 0 Å². The van der Waals surface area contributed by atoms with Crippen LogP contribution >= 0.6 is 0 Å². The predicted octanol–water partition coefficient (Wildman–Crippen LogP) is 6.39. The maximum atomic E-state index is 3.96. The standard InChI is InChI=1S/C19H34/c1-6-11-18-14-9-10-15-19(18,5)17(4)13-8-7-12-16(2)3/h6-7,12,16-18H,1,8-11,13-15H2,2-5H3/b12-7+/t17?,18-,19+/m0/s1. The van der Waals surface area contributed by atoms with Gasteiger partial charge in [-0.25, -0.2) is 0 Å². The third kappa shape index (κ3) is 4.82. The molecule has 3 atom stereocenters. The molecule has 1 aliphatic rings. The van der Waals surface area contributed by atoms with Crippen LogP contribution in [-0.4, -0.2) is 0 Å². The molecule has 0 aromatic rings. The van der Waals surface area contributed by atoms with Crippen molar-refractivity contribution in [2.75, 3.05) is 0 Å². The van der Waals surface area contributed by atoms with Gasteiger partial charge in [0, 0.05) is 0 Å². The van der Waals surface area contributed by atoms with Crippen molar-refractivity contribution >= 4 is 0 Å². The van der Waals surface area contributed by atoms with Gasteiger partial charge < -0.3 is 0 Å². The van der Waals surface area contributed by atoms with Crippen LogP contribution < -0.4 is 0 Å². The summed E-state index contributed by atoms with van der Waals surface area (Å²) in [6.45, 7) is 13.5. The Hall–Kier alpha value is -0.520. The van der Waals surface area contributed by atoms with Crippen LogP contribution in [0.3, 0.4) is 0 Å². The lowest BCUT2D eigenvalue weighted by atomic mass is 9.59. The van der Waals surface area contributed by atoms with Gasteiger partial charge in [0.05, 0.1) is 0 Å². The molecule has 0 aromatic heterocycles. The summed E-state index contributed by atoms with van der Waals surface area (Å²) in [6, 6.07) is 0. The molecule has 0 amide bonds. The Morgan fingerprint density at radius 1 is 1.26 bits per heavy atom. The van der Waals surface area contributed by atoms with Crippen LogP contribution in [0.4, 0.5) is 0 Å². The summed E-state index contributed by atoms with van der Waals surface area (Å²) in [5, 5.41) is 0. The number of rotatable bonds is 7. The van der Waals surface area contributed by atoms with E-state index < -0.39 is 0 Å². The summed E-state index contributed by atoms with van der Waals surface area (Å²) in [5.74, 6) is 2.38. The Kier molecular flexibility index (Phi) is 6.89. The quantitative estimate of drug-likeness (QED) is 0.466. The summed E-state index contributed by atoms with van der Waals surface area (Å²) in [5.41, 5.74) is 0.540. The Balaban J connectivity index is 2.55. The monoisotopic (exact) mass is 262 g/mol. The number of hydrogen-bond acceptors (Lipinski definition) is 0. The summed E-state index contributed by atoms with van der Waals surface area (Å²) < 4.78 is 0. The van der Waals surface area contributed by atoms with Crippen molar-refractivity contribution < 1.29 is 0 Å². The van der Waals surface area contributed by atoms with Crippen molar-refractivity contribution in [1.82, 2.24) is 0 Å². The van der Waals surface area contributed by atoms with E-state index in [9.17, 15) is 0 Å². The first-order valence-corrected chi connectivity index (χ1v) is 8.28. The number of allylic oxidation sites excluding steroid dienone is 3. The molecule has 1 saturated carbocycles. The molecule has 1 fully saturated rings. The van der Waals surface area contributed by atoms with Gasteiger partial charge in [0.15, 0.2) is 0 Å². The second-order valence-corrected chi connectivity index (χ2v) is 7.12. The second kappa shape index (κ2) is 7.92. The van der Waals surface area contributed by atoms with E-state index in [2.05, 4.69) is 52.5 Å². The third-order valence-electron chi connectivity index (χ3n) is 5.31. The van der Waals surface area contributed by atoms with Crippen LogP contribution in [0.2, 0.25) is 0 Å². The number of hydrogen-bond donors (Lipinski definition) is 0. The molecule has 0 heteroatoms. The Morgan fingerprint density at radius 3 is 2.63 bits per heavy atom. The van der Waals surface area contributed by atoms with Crippen LogP contribution in [0.1, 0.15) is 72.6 Å². The zero-order chi connectivity index (χ0) is 14.3. The lowest BCUT2D eigenvalue weighted by molar-refractivity contribution is 0.0493. The van der Waals surface area contributed by atoms with Gasteiger partial charge in [0.25, 0.3) is 0 Å². The van der Waals surface area contributed by atoms with E-state index in [-0.39, 0.29) is 0 Å². The van der Waals surface area contributed by atoms with E-state index in [1.54, 1.807) is 0 Å². The normalized spacial score (nSPS) is 29.8. The molecular weight excluding hydrogens is 228 g/mol. The molecule has 0 aliphatic heterocycles. The molecule has 1 unspecified atom stereocenters. The Bertz CT molecular complexity index is 286. The molecule has 0 heterocycles. The van der Waals surface area contributed by atoms with Gasteiger partial charge in [-0.3, -0.25) is 0 Å². The summed E-state index contributed by atoms with van der Waals surface area (Å²) in [4.78, 5) is 0. The van der Waals surface area contributed by atoms with Gasteiger partial charge in [-0.15, -0.1) is 6.58 Å². The second-order valence-electron chi connectivity index (χ2n) is 7.12. The first kappa shape index (κ1) is 16.5. The van der Waals surface area contributed by atoms with Crippen LogP contribution in [0, 0.1) is 23.2 Å². The fourth-order valence-electron chi connectivity index (χ4n) is 3.71. The summed E-state index contributed by atoms with van der Waals surface area (Å²) in [7, 11) is 0. The van der Waals surface area contributed by atoms with Crippen molar-refractivity contribution in [1.29, 1.82) is 0 Å². The first-order valence-electron chi connectivity index (χ1n) is 8.28. The molecule has 0 nitrogen and oxygen atoms in total. The van der Waals surface area contributed by atoms with Crippen molar-refractivity contribution in [2.24, 2.45) is 23.2 Å². The van der Waals surface area contributed by atoms with Crippen molar-refractivity contribution in [3.63, 3.8) is 0 Å². The van der Waals surface area contributed by atoms with Crippen molar-refractivity contribution in [2.45, 2.75) is 72.6 Å². The molecule has 1 aliphatic carbocycles. The average Bonchev–Trinajstić information content (AvgIpc) is 2.37. The molecule has 0 saturated heterocycles. The minimum atomic E-state index is 0.540. The van der Waals surface area contributed by atoms with Gasteiger partial charge in [-0.1, -0.05) is 58.8 Å². The highest BCUT2D eigenvalue weighted by Crippen LogP contribution is 2.49. The van der Waals surface area contributed by atoms with E-state index in [1.165, 1.54) is 44.9 Å². The Labute approximate surface area is 121 Å². The van der Waals surface area contributed by atoms with E-state index >= 15 is 0 Å². The molecule has 19 heavy (non-hydrogen) atoms. The smallest absolute Gasteiger partial charge is 0.0269 e. The highest BCUT2D eigenvalue weighted by Gasteiger charge is 2.39. The maximum Gasteiger partial charge on any atom is -0.0269 e. The van der Waals surface area contributed by atoms with E-state index in [1.807, 2.05) is 0 Å². The van der Waals surface area contributed by atoms with Gasteiger partial charge in [0.2, 0.25) is 0 Å². The van der Waals surface area contributed by atoms with E-state index in [0.29, 0.717) is 11.3 Å². The maximum absolute atomic E-state index is 3.96. The van der Waals surface area contributed by atoms with Crippen molar-refractivity contribution in [3.05, 3.63) is 24.8 Å². The van der Waals surface area contributed by atoms with Crippen LogP contribution in [0.5, 0.6) is 0 Å². The minimum Gasteiger partial charge on any atom is -0.103 e. The molecule has 110 valence electrons. The largest absolute Gasteiger partial charge is 0.103 e. The highest BCUT2D eigenvalue weighted by molar-refractivity contribution is 4.94. The lowest BCUT2D eigenvalue weighted by Crippen LogP contribution is -2.36. The molecular formula is C19H34. The minimum absolute atomic E-state index is 0.540. The molecule has 0 N–H and O–H groups in total. The first-order chi connectivity index (χ1) is 9.00. The highest BCUT2D eigenvalue weighted by atomic mass is 14.4. The fraction of sp³-hybridized carbons (Fsp3) is 0.789. The summed E-state index contributed by atoms with van der Waals surface area (Å²) in [6.07, 6.45) is 16.3.